The summed E-state index contributed by atoms with van der Waals surface area (Å²) in [5.41, 5.74) is 0. The Morgan fingerprint density at radius 1 is 1.60 bits per heavy atom. The van der Waals surface area contributed by atoms with Crippen molar-refractivity contribution in [1.29, 1.82) is 0 Å². The second-order valence-corrected chi connectivity index (χ2v) is 0.949. The van der Waals surface area contributed by atoms with Gasteiger partial charge in [-0.3, -0.25) is 0 Å². The normalized spacial score (nSPS) is 6.00. The summed E-state index contributed by atoms with van der Waals surface area (Å²) >= 11 is 0. The standard InChI is InChI=1S/CH6OSi.Na.H2O/c1-3-2;;/h2H,3H2,1H3;;1H2. The molecule has 2 nitrogen and oxygen atoms in total. The molecule has 0 aliphatic carbocycles. The summed E-state index contributed by atoms with van der Waals surface area (Å²) in [6, 6.07) is 0. The van der Waals surface area contributed by atoms with Crippen LogP contribution in [0.3, 0.4) is 0 Å². The quantitative estimate of drug-likeness (QED) is 0.351. The summed E-state index contributed by atoms with van der Waals surface area (Å²) in [6.07, 6.45) is 0. The molecule has 0 bridgehead atoms. The van der Waals surface area contributed by atoms with Crippen molar-refractivity contribution >= 4 is 39.3 Å². The van der Waals surface area contributed by atoms with Crippen LogP contribution in [0.15, 0.2) is 0 Å². The van der Waals surface area contributed by atoms with Crippen LogP contribution < -0.4 is 0 Å². The first-order valence-electron chi connectivity index (χ1n) is 1.02. The van der Waals surface area contributed by atoms with Gasteiger partial charge in [0, 0.05) is 29.6 Å². The van der Waals surface area contributed by atoms with Gasteiger partial charge in [-0.1, -0.05) is 6.55 Å². The van der Waals surface area contributed by atoms with Crippen molar-refractivity contribution < 1.29 is 10.3 Å². The molecule has 0 aromatic rings. The van der Waals surface area contributed by atoms with Crippen molar-refractivity contribution in [3.63, 3.8) is 0 Å². The Balaban J connectivity index is -0.0000000200. The molecule has 0 saturated heterocycles. The van der Waals surface area contributed by atoms with Gasteiger partial charge in [-0.25, -0.2) is 0 Å². The van der Waals surface area contributed by atoms with Gasteiger partial charge < -0.3 is 10.3 Å². The second-order valence-electron chi connectivity index (χ2n) is 0.316. The Kier molecular flexibility index (Phi) is 63.4. The Bertz CT molecular complexity index is 9.61. The monoisotopic (exact) mass is 103 g/mol. The van der Waals surface area contributed by atoms with Crippen molar-refractivity contribution in [2.24, 2.45) is 0 Å². The van der Waals surface area contributed by atoms with E-state index in [1.54, 1.807) is 0 Å². The first kappa shape index (κ1) is 16.5. The maximum absolute atomic E-state index is 7.71. The molecule has 0 saturated carbocycles. The molecule has 0 fully saturated rings. The molecule has 0 atom stereocenters. The summed E-state index contributed by atoms with van der Waals surface area (Å²) in [5.74, 6) is 0. The zero-order valence-corrected chi connectivity index (χ0v) is 7.07. The predicted octanol–water partition coefficient (Wildman–Crippen LogP) is -2.09. The molecule has 0 aromatic carbocycles. The van der Waals surface area contributed by atoms with Crippen LogP contribution >= 0.6 is 0 Å². The minimum atomic E-state index is -0.583. The third-order valence-corrected chi connectivity index (χ3v) is 0. The minimum Gasteiger partial charge on any atom is -0.438 e. The minimum absolute atomic E-state index is 0. The van der Waals surface area contributed by atoms with Crippen LogP contribution in [-0.2, 0) is 0 Å². The molecule has 0 heterocycles. The van der Waals surface area contributed by atoms with E-state index >= 15 is 0 Å². The molecule has 4 heteroatoms. The van der Waals surface area contributed by atoms with E-state index in [1.807, 2.05) is 6.55 Å². The van der Waals surface area contributed by atoms with E-state index in [2.05, 4.69) is 0 Å². The molecule has 0 unspecified atom stereocenters. The topological polar surface area (TPSA) is 51.7 Å². The summed E-state index contributed by atoms with van der Waals surface area (Å²) in [6.45, 7) is 1.82. The van der Waals surface area contributed by atoms with Crippen LogP contribution in [-0.4, -0.2) is 49.6 Å². The number of hydrogen-bond donors (Lipinski definition) is 1. The van der Waals surface area contributed by atoms with Crippen LogP contribution in [0.4, 0.5) is 0 Å². The molecule has 3 N–H and O–H groups in total. The molecule has 0 rings (SSSR count). The zero-order chi connectivity index (χ0) is 2.71. The van der Waals surface area contributed by atoms with Crippen LogP contribution in [0.1, 0.15) is 0 Å². The number of rotatable bonds is 0. The Morgan fingerprint density at radius 2 is 1.60 bits per heavy atom. The Hall–Kier alpha value is 1.14. The van der Waals surface area contributed by atoms with Crippen LogP contribution in [0, 0.1) is 0 Å². The van der Waals surface area contributed by atoms with E-state index < -0.39 is 9.76 Å². The van der Waals surface area contributed by atoms with Crippen LogP contribution in [0.25, 0.3) is 0 Å². The van der Waals surface area contributed by atoms with Crippen molar-refractivity contribution in [3.8, 4) is 0 Å². The summed E-state index contributed by atoms with van der Waals surface area (Å²) in [5, 5.41) is 0. The smallest absolute Gasteiger partial charge is 0.153 e. The van der Waals surface area contributed by atoms with Gasteiger partial charge in [0.05, 0.1) is 0 Å². The molecule has 29 valence electrons. The molecule has 0 aliphatic heterocycles. The van der Waals surface area contributed by atoms with Gasteiger partial charge in [0.2, 0.25) is 0 Å². The zero-order valence-electron chi connectivity index (χ0n) is 3.65. The third-order valence-electron chi connectivity index (χ3n) is 0. The number of hydrogen-bond acceptors (Lipinski definition) is 1. The summed E-state index contributed by atoms with van der Waals surface area (Å²) in [4.78, 5) is 7.71. The SMILES string of the molecule is C[SiH2]O.O.[Na]. The third kappa shape index (κ3) is 39.1. The molecule has 0 spiro atoms. The first-order valence-corrected chi connectivity index (χ1v) is 3.07. The average molecular weight is 103 g/mol. The fourth-order valence-corrected chi connectivity index (χ4v) is 0. The Labute approximate surface area is 56.1 Å². The maximum atomic E-state index is 7.71. The molecular formula is CH8NaO2Si. The van der Waals surface area contributed by atoms with E-state index in [0.717, 1.165) is 0 Å². The fourth-order valence-electron chi connectivity index (χ4n) is 0. The van der Waals surface area contributed by atoms with Crippen LogP contribution in [0.2, 0.25) is 6.55 Å². The van der Waals surface area contributed by atoms with Gasteiger partial charge in [-0.05, 0) is 0 Å². The van der Waals surface area contributed by atoms with Gasteiger partial charge in [0.25, 0.3) is 0 Å². The molecule has 1 radical (unpaired) electrons. The van der Waals surface area contributed by atoms with E-state index in [0.29, 0.717) is 0 Å². The van der Waals surface area contributed by atoms with Gasteiger partial charge in [0.1, 0.15) is 0 Å². The van der Waals surface area contributed by atoms with Gasteiger partial charge in [-0.2, -0.15) is 0 Å². The fraction of sp³-hybridized carbons (Fsp3) is 1.00. The first-order chi connectivity index (χ1) is 1.41. The van der Waals surface area contributed by atoms with E-state index in [1.165, 1.54) is 0 Å². The van der Waals surface area contributed by atoms with E-state index in [9.17, 15) is 0 Å². The average Bonchev–Trinajstić information content (AvgIpc) is 0.918. The van der Waals surface area contributed by atoms with Crippen molar-refractivity contribution in [2.75, 3.05) is 0 Å². The van der Waals surface area contributed by atoms with Gasteiger partial charge in [-0.15, -0.1) is 0 Å². The van der Waals surface area contributed by atoms with Gasteiger partial charge in [0.15, 0.2) is 9.76 Å². The molecule has 0 amide bonds. The maximum Gasteiger partial charge on any atom is 0.153 e. The second kappa shape index (κ2) is 19.3. The summed E-state index contributed by atoms with van der Waals surface area (Å²) < 4.78 is 0. The van der Waals surface area contributed by atoms with Gasteiger partial charge >= 0.3 is 0 Å². The Morgan fingerprint density at radius 3 is 1.60 bits per heavy atom. The molecular weight excluding hydrogens is 95.1 g/mol. The van der Waals surface area contributed by atoms with Crippen LogP contribution in [0.5, 0.6) is 0 Å². The van der Waals surface area contributed by atoms with Crippen molar-refractivity contribution in [3.05, 3.63) is 0 Å². The van der Waals surface area contributed by atoms with E-state index in [4.69, 9.17) is 4.80 Å². The van der Waals surface area contributed by atoms with Crippen molar-refractivity contribution in [1.82, 2.24) is 0 Å². The largest absolute Gasteiger partial charge is 0.438 e. The predicted molar refractivity (Wildman–Crippen MR) is 26.0 cm³/mol. The molecule has 0 aliphatic rings. The van der Waals surface area contributed by atoms with Crippen molar-refractivity contribution in [2.45, 2.75) is 6.55 Å². The molecule has 5 heavy (non-hydrogen) atoms. The summed E-state index contributed by atoms with van der Waals surface area (Å²) in [7, 11) is -0.583. The van der Waals surface area contributed by atoms with E-state index in [-0.39, 0.29) is 35.0 Å². The molecule has 0 aromatic heterocycles.